The van der Waals surface area contributed by atoms with Crippen molar-refractivity contribution in [2.45, 2.75) is 26.9 Å². The molecule has 0 aliphatic carbocycles. The van der Waals surface area contributed by atoms with Crippen molar-refractivity contribution in [2.24, 2.45) is 0 Å². The molecule has 0 saturated carbocycles. The highest BCUT2D eigenvalue weighted by atomic mass is 35.5. The van der Waals surface area contributed by atoms with E-state index in [-0.39, 0.29) is 45.2 Å². The SMILES string of the molecule is CC(=O)c1ccc(OC(=O)c2ccc(NC3=C(Cl)C(=O)N(c4ccc(C(=O)OC(C)C)cc4)C3=O)cc2)cc1. The van der Waals surface area contributed by atoms with Crippen molar-refractivity contribution in [3.8, 4) is 5.75 Å². The molecule has 198 valence electrons. The molecule has 1 aliphatic rings. The summed E-state index contributed by atoms with van der Waals surface area (Å²) in [7, 11) is 0. The Labute approximate surface area is 229 Å². The molecule has 0 saturated heterocycles. The van der Waals surface area contributed by atoms with Crippen LogP contribution in [0, 0.1) is 0 Å². The van der Waals surface area contributed by atoms with Gasteiger partial charge in [0.2, 0.25) is 0 Å². The number of nitrogens with one attached hydrogen (secondary N) is 1. The van der Waals surface area contributed by atoms with Crippen LogP contribution in [0.15, 0.2) is 83.5 Å². The number of hydrogen-bond donors (Lipinski definition) is 1. The van der Waals surface area contributed by atoms with Crippen LogP contribution < -0.4 is 15.0 Å². The van der Waals surface area contributed by atoms with Crippen LogP contribution in [0.1, 0.15) is 51.8 Å². The van der Waals surface area contributed by atoms with E-state index in [0.29, 0.717) is 11.3 Å². The van der Waals surface area contributed by atoms with Crippen molar-refractivity contribution >= 4 is 52.5 Å². The van der Waals surface area contributed by atoms with Gasteiger partial charge in [0.25, 0.3) is 11.8 Å². The molecular formula is C29H23ClN2O7. The molecule has 0 spiro atoms. The zero-order chi connectivity index (χ0) is 28.3. The van der Waals surface area contributed by atoms with Gasteiger partial charge in [-0.1, -0.05) is 11.6 Å². The topological polar surface area (TPSA) is 119 Å². The average molecular weight is 547 g/mol. The van der Waals surface area contributed by atoms with Crippen LogP contribution >= 0.6 is 11.6 Å². The van der Waals surface area contributed by atoms with E-state index in [1.54, 1.807) is 26.0 Å². The number of nitrogens with zero attached hydrogens (tertiary/aromatic N) is 1. The molecule has 2 amide bonds. The predicted molar refractivity (Wildman–Crippen MR) is 144 cm³/mol. The normalized spacial score (nSPS) is 13.1. The van der Waals surface area contributed by atoms with Gasteiger partial charge in [0.1, 0.15) is 16.5 Å². The van der Waals surface area contributed by atoms with Crippen LogP contribution in [0.25, 0.3) is 0 Å². The molecule has 1 aliphatic heterocycles. The minimum Gasteiger partial charge on any atom is -0.459 e. The first-order valence-corrected chi connectivity index (χ1v) is 12.2. The smallest absolute Gasteiger partial charge is 0.343 e. The molecule has 0 fully saturated rings. The second-order valence-corrected chi connectivity index (χ2v) is 9.19. The number of esters is 2. The third kappa shape index (κ3) is 6.05. The average Bonchev–Trinajstić information content (AvgIpc) is 3.12. The maximum atomic E-state index is 13.1. The maximum Gasteiger partial charge on any atom is 0.343 e. The summed E-state index contributed by atoms with van der Waals surface area (Å²) >= 11 is 6.20. The third-order valence-corrected chi connectivity index (χ3v) is 5.94. The second kappa shape index (κ2) is 11.3. The highest BCUT2D eigenvalue weighted by Crippen LogP contribution is 2.30. The molecule has 1 heterocycles. The molecule has 0 atom stereocenters. The molecule has 4 rings (SSSR count). The van der Waals surface area contributed by atoms with Gasteiger partial charge < -0.3 is 14.8 Å². The Hall–Kier alpha value is -4.76. The van der Waals surface area contributed by atoms with Crippen LogP contribution in [0.3, 0.4) is 0 Å². The summed E-state index contributed by atoms with van der Waals surface area (Å²) in [6.07, 6.45) is -0.290. The molecule has 0 bridgehead atoms. The molecule has 0 unspecified atom stereocenters. The van der Waals surface area contributed by atoms with E-state index in [1.165, 1.54) is 67.6 Å². The first-order chi connectivity index (χ1) is 18.5. The van der Waals surface area contributed by atoms with E-state index in [2.05, 4.69) is 5.32 Å². The second-order valence-electron chi connectivity index (χ2n) is 8.81. The van der Waals surface area contributed by atoms with Crippen molar-refractivity contribution in [3.05, 3.63) is 100 Å². The van der Waals surface area contributed by atoms with Gasteiger partial charge in [0.15, 0.2) is 5.78 Å². The number of rotatable bonds is 8. The lowest BCUT2D eigenvalue weighted by Crippen LogP contribution is -2.32. The minimum absolute atomic E-state index is 0.0988. The number of Topliss-reactive ketones (excluding diaryl/α,β-unsaturated/α-hetero) is 1. The van der Waals surface area contributed by atoms with Crippen molar-refractivity contribution in [2.75, 3.05) is 10.2 Å². The molecule has 9 nitrogen and oxygen atoms in total. The van der Waals surface area contributed by atoms with E-state index in [0.717, 1.165) is 4.90 Å². The lowest BCUT2D eigenvalue weighted by atomic mass is 10.1. The molecule has 1 N–H and O–H groups in total. The minimum atomic E-state index is -0.724. The Bertz CT molecular complexity index is 1490. The van der Waals surface area contributed by atoms with E-state index in [4.69, 9.17) is 21.1 Å². The number of halogens is 1. The fourth-order valence-corrected chi connectivity index (χ4v) is 3.84. The first kappa shape index (κ1) is 27.3. The molecule has 3 aromatic rings. The van der Waals surface area contributed by atoms with Crippen LogP contribution in [0.4, 0.5) is 11.4 Å². The summed E-state index contributed by atoms with van der Waals surface area (Å²) in [6.45, 7) is 4.90. The van der Waals surface area contributed by atoms with Crippen LogP contribution in [0.2, 0.25) is 0 Å². The maximum absolute atomic E-state index is 13.1. The summed E-state index contributed by atoms with van der Waals surface area (Å²) < 4.78 is 10.5. The van der Waals surface area contributed by atoms with Crippen LogP contribution in [-0.4, -0.2) is 35.6 Å². The third-order valence-electron chi connectivity index (χ3n) is 5.59. The van der Waals surface area contributed by atoms with Gasteiger partial charge in [0.05, 0.1) is 22.9 Å². The summed E-state index contributed by atoms with van der Waals surface area (Å²) in [5.41, 5.74) is 1.51. The van der Waals surface area contributed by atoms with Gasteiger partial charge in [-0.25, -0.2) is 14.5 Å². The quantitative estimate of drug-likeness (QED) is 0.179. The number of anilines is 2. The van der Waals surface area contributed by atoms with Crippen LogP contribution in [-0.2, 0) is 14.3 Å². The van der Waals surface area contributed by atoms with Gasteiger partial charge in [0, 0.05) is 11.3 Å². The van der Waals surface area contributed by atoms with Gasteiger partial charge >= 0.3 is 11.9 Å². The van der Waals surface area contributed by atoms with Gasteiger partial charge in [-0.05, 0) is 93.6 Å². The molecule has 39 heavy (non-hydrogen) atoms. The molecule has 0 radical (unpaired) electrons. The molecule has 3 aromatic carbocycles. The summed E-state index contributed by atoms with van der Waals surface area (Å²) in [5.74, 6) is -2.36. The Kier molecular flexibility index (Phi) is 7.92. The van der Waals surface area contributed by atoms with Crippen molar-refractivity contribution < 1.29 is 33.4 Å². The van der Waals surface area contributed by atoms with Gasteiger partial charge in [-0.3, -0.25) is 14.4 Å². The van der Waals surface area contributed by atoms with E-state index < -0.39 is 23.8 Å². The first-order valence-electron chi connectivity index (χ1n) is 11.8. The highest BCUT2D eigenvalue weighted by molar-refractivity contribution is 6.53. The molecular weight excluding hydrogens is 524 g/mol. The number of ketones is 1. The molecule has 0 aromatic heterocycles. The number of carbonyl (C=O) groups excluding carboxylic acids is 5. The molecule has 10 heteroatoms. The lowest BCUT2D eigenvalue weighted by molar-refractivity contribution is -0.120. The Balaban J connectivity index is 1.43. The number of ether oxygens (including phenoxy) is 2. The van der Waals surface area contributed by atoms with E-state index >= 15 is 0 Å². The highest BCUT2D eigenvalue weighted by Gasteiger charge is 2.39. The van der Waals surface area contributed by atoms with Crippen molar-refractivity contribution in [3.63, 3.8) is 0 Å². The Morgan fingerprint density at radius 3 is 1.87 bits per heavy atom. The summed E-state index contributed by atoms with van der Waals surface area (Å²) in [5, 5.41) is 2.53. The zero-order valence-electron chi connectivity index (χ0n) is 21.2. The number of hydrogen-bond acceptors (Lipinski definition) is 8. The largest absolute Gasteiger partial charge is 0.459 e. The van der Waals surface area contributed by atoms with Crippen molar-refractivity contribution in [1.82, 2.24) is 0 Å². The van der Waals surface area contributed by atoms with Crippen molar-refractivity contribution in [1.29, 1.82) is 0 Å². The lowest BCUT2D eigenvalue weighted by Gasteiger charge is -2.16. The zero-order valence-corrected chi connectivity index (χ0v) is 21.9. The summed E-state index contributed by atoms with van der Waals surface area (Å²) in [4.78, 5) is 62.6. The van der Waals surface area contributed by atoms with Gasteiger partial charge in [-0.2, -0.15) is 0 Å². The standard InChI is InChI=1S/C29H23ClN2O7/c1-16(2)38-28(36)20-6-12-22(13-7-20)32-26(34)24(30)25(27(32)35)31-21-10-4-19(5-11-21)29(37)39-23-14-8-18(9-15-23)17(3)33/h4-16,31H,1-3H3. The fraction of sp³-hybridized carbons (Fsp3) is 0.138. The number of imide groups is 1. The number of carbonyl (C=O) groups is 5. The van der Waals surface area contributed by atoms with E-state index in [1.807, 2.05) is 0 Å². The Morgan fingerprint density at radius 1 is 0.769 bits per heavy atom. The summed E-state index contributed by atoms with van der Waals surface area (Å²) in [6, 6.07) is 18.0. The van der Waals surface area contributed by atoms with E-state index in [9.17, 15) is 24.0 Å². The fourth-order valence-electron chi connectivity index (χ4n) is 3.63. The predicted octanol–water partition coefficient (Wildman–Crippen LogP) is 5.11. The monoisotopic (exact) mass is 546 g/mol. The van der Waals surface area contributed by atoms with Crippen LogP contribution in [0.5, 0.6) is 5.75 Å². The Morgan fingerprint density at radius 2 is 1.31 bits per heavy atom. The number of amides is 2. The number of benzene rings is 3. The van der Waals surface area contributed by atoms with Gasteiger partial charge in [-0.15, -0.1) is 0 Å².